The minimum Gasteiger partial charge on any atom is -0.368 e. The number of nitrogens with zero attached hydrogens (tertiary/aromatic N) is 3. The first-order chi connectivity index (χ1) is 10.6. The van der Waals surface area contributed by atoms with Crippen molar-refractivity contribution in [2.75, 3.05) is 11.1 Å². The van der Waals surface area contributed by atoms with E-state index in [4.69, 9.17) is 17.3 Å². The average Bonchev–Trinajstić information content (AvgIpc) is 2.88. The third-order valence-corrected chi connectivity index (χ3v) is 3.16. The largest absolute Gasteiger partial charge is 0.368 e. The van der Waals surface area contributed by atoms with Gasteiger partial charge in [0.05, 0.1) is 0 Å². The van der Waals surface area contributed by atoms with Gasteiger partial charge in [-0.25, -0.2) is 0 Å². The highest BCUT2D eigenvalue weighted by atomic mass is 35.5. The van der Waals surface area contributed by atoms with Crippen LogP contribution in [0, 0.1) is 0 Å². The molecular formula is C15H12ClN5O. The van der Waals surface area contributed by atoms with Gasteiger partial charge in [0.25, 0.3) is 5.91 Å². The third-order valence-electron chi connectivity index (χ3n) is 2.93. The van der Waals surface area contributed by atoms with Crippen LogP contribution in [0.15, 0.2) is 54.6 Å². The minimum atomic E-state index is -0.343. The van der Waals surface area contributed by atoms with Crippen molar-refractivity contribution in [3.8, 4) is 0 Å². The van der Waals surface area contributed by atoms with Crippen LogP contribution in [-0.4, -0.2) is 20.7 Å². The van der Waals surface area contributed by atoms with E-state index in [1.54, 1.807) is 42.5 Å². The highest BCUT2D eigenvalue weighted by molar-refractivity contribution is 6.30. The van der Waals surface area contributed by atoms with Crippen LogP contribution in [0.5, 0.6) is 0 Å². The Bertz CT molecular complexity index is 816. The molecule has 7 heteroatoms. The first kappa shape index (κ1) is 14.1. The molecule has 22 heavy (non-hydrogen) atoms. The number of anilines is 3. The lowest BCUT2D eigenvalue weighted by molar-refractivity contribution is 0.0948. The molecular weight excluding hydrogens is 302 g/mol. The summed E-state index contributed by atoms with van der Waals surface area (Å²) in [6.07, 6.45) is 0. The molecule has 0 spiro atoms. The van der Waals surface area contributed by atoms with E-state index in [0.29, 0.717) is 16.3 Å². The minimum absolute atomic E-state index is 0.0124. The summed E-state index contributed by atoms with van der Waals surface area (Å²) in [5.74, 6) is -0.104. The third kappa shape index (κ3) is 2.91. The Morgan fingerprint density at radius 3 is 2.64 bits per heavy atom. The van der Waals surface area contributed by atoms with E-state index in [-0.39, 0.29) is 17.8 Å². The maximum atomic E-state index is 12.3. The summed E-state index contributed by atoms with van der Waals surface area (Å²) in [5.41, 5.74) is 6.95. The second-order valence-corrected chi connectivity index (χ2v) is 4.95. The molecule has 6 nitrogen and oxygen atoms in total. The summed E-state index contributed by atoms with van der Waals surface area (Å²) in [7, 11) is 0. The molecule has 0 amide bonds. The lowest BCUT2D eigenvalue weighted by Crippen LogP contribution is -2.16. The summed E-state index contributed by atoms with van der Waals surface area (Å²) in [4.78, 5) is 16.4. The van der Waals surface area contributed by atoms with Crippen LogP contribution in [0.25, 0.3) is 0 Å². The van der Waals surface area contributed by atoms with Crippen LogP contribution in [-0.2, 0) is 0 Å². The molecule has 0 unspecified atom stereocenters. The standard InChI is InChI=1S/C15H12ClN5O/c16-11-7-4-8-12(9-11)18-15-19-14(17)21(20-15)13(22)10-5-2-1-3-6-10/h1-9H,(H3,17,18,19,20). The van der Waals surface area contributed by atoms with Crippen molar-refractivity contribution in [2.45, 2.75) is 0 Å². The van der Waals surface area contributed by atoms with Crippen molar-refractivity contribution in [1.29, 1.82) is 0 Å². The highest BCUT2D eigenvalue weighted by Crippen LogP contribution is 2.19. The number of carbonyl (C=O) groups excluding carboxylic acids is 1. The van der Waals surface area contributed by atoms with Crippen LogP contribution in [0.2, 0.25) is 5.02 Å². The van der Waals surface area contributed by atoms with Crippen molar-refractivity contribution in [3.63, 3.8) is 0 Å². The zero-order chi connectivity index (χ0) is 15.5. The van der Waals surface area contributed by atoms with Crippen molar-refractivity contribution in [3.05, 3.63) is 65.2 Å². The number of halogens is 1. The molecule has 1 aromatic heterocycles. The van der Waals surface area contributed by atoms with E-state index in [1.165, 1.54) is 0 Å². The molecule has 110 valence electrons. The topological polar surface area (TPSA) is 85.8 Å². The number of benzene rings is 2. The average molecular weight is 314 g/mol. The molecule has 1 heterocycles. The Morgan fingerprint density at radius 1 is 1.14 bits per heavy atom. The smallest absolute Gasteiger partial charge is 0.281 e. The molecule has 0 aliphatic heterocycles. The van der Waals surface area contributed by atoms with Gasteiger partial charge in [0.2, 0.25) is 11.9 Å². The first-order valence-electron chi connectivity index (χ1n) is 6.48. The van der Waals surface area contributed by atoms with Gasteiger partial charge < -0.3 is 11.1 Å². The van der Waals surface area contributed by atoms with Crippen LogP contribution >= 0.6 is 11.6 Å². The van der Waals surface area contributed by atoms with Crippen LogP contribution in [0.1, 0.15) is 10.4 Å². The maximum absolute atomic E-state index is 12.3. The molecule has 0 saturated carbocycles. The Labute approximate surface area is 131 Å². The number of carbonyl (C=O) groups is 1. The summed E-state index contributed by atoms with van der Waals surface area (Å²) in [5, 5.41) is 7.62. The number of hydrogen-bond donors (Lipinski definition) is 2. The van der Waals surface area contributed by atoms with Gasteiger partial charge in [-0.1, -0.05) is 35.9 Å². The summed E-state index contributed by atoms with van der Waals surface area (Å²) >= 11 is 5.91. The van der Waals surface area contributed by atoms with E-state index < -0.39 is 0 Å². The van der Waals surface area contributed by atoms with Gasteiger partial charge in [-0.15, -0.1) is 5.10 Å². The number of nitrogens with two attached hydrogens (primary N) is 1. The fourth-order valence-electron chi connectivity index (χ4n) is 1.92. The van der Waals surface area contributed by atoms with Gasteiger partial charge in [-0.3, -0.25) is 4.79 Å². The predicted octanol–water partition coefficient (Wildman–Crippen LogP) is 2.95. The fourth-order valence-corrected chi connectivity index (χ4v) is 2.12. The Kier molecular flexibility index (Phi) is 3.76. The lowest BCUT2D eigenvalue weighted by Gasteiger charge is -2.02. The first-order valence-corrected chi connectivity index (χ1v) is 6.86. The quantitative estimate of drug-likeness (QED) is 0.776. The molecule has 0 fully saturated rings. The number of nitrogen functional groups attached to an aromatic ring is 1. The monoisotopic (exact) mass is 313 g/mol. The number of rotatable bonds is 3. The summed E-state index contributed by atoms with van der Waals surface area (Å²) in [6, 6.07) is 15.8. The molecule has 0 atom stereocenters. The number of nitrogens with one attached hydrogen (secondary N) is 1. The van der Waals surface area contributed by atoms with Crippen molar-refractivity contribution in [2.24, 2.45) is 0 Å². The van der Waals surface area contributed by atoms with E-state index in [2.05, 4.69) is 15.4 Å². The van der Waals surface area contributed by atoms with Gasteiger partial charge in [0.15, 0.2) is 0 Å². The number of hydrogen-bond acceptors (Lipinski definition) is 5. The van der Waals surface area contributed by atoms with E-state index in [9.17, 15) is 4.79 Å². The highest BCUT2D eigenvalue weighted by Gasteiger charge is 2.15. The van der Waals surface area contributed by atoms with Gasteiger partial charge in [0, 0.05) is 16.3 Å². The van der Waals surface area contributed by atoms with Crippen molar-refractivity contribution >= 4 is 35.1 Å². The molecule has 0 aliphatic rings. The maximum Gasteiger partial charge on any atom is 0.281 e. The van der Waals surface area contributed by atoms with Gasteiger partial charge >= 0.3 is 0 Å². The zero-order valence-corrected chi connectivity index (χ0v) is 12.2. The molecule has 3 aromatic rings. The van der Waals surface area contributed by atoms with Crippen molar-refractivity contribution < 1.29 is 4.79 Å². The van der Waals surface area contributed by atoms with E-state index >= 15 is 0 Å². The summed E-state index contributed by atoms with van der Waals surface area (Å²) in [6.45, 7) is 0. The molecule has 0 saturated heterocycles. The molecule has 0 radical (unpaired) electrons. The molecule has 3 rings (SSSR count). The zero-order valence-electron chi connectivity index (χ0n) is 11.4. The van der Waals surface area contributed by atoms with Gasteiger partial charge in [-0.2, -0.15) is 9.67 Å². The normalized spacial score (nSPS) is 10.4. The molecule has 0 bridgehead atoms. The van der Waals surface area contributed by atoms with Gasteiger partial charge in [0.1, 0.15) is 0 Å². The van der Waals surface area contributed by atoms with Crippen molar-refractivity contribution in [1.82, 2.24) is 14.8 Å². The van der Waals surface area contributed by atoms with Gasteiger partial charge in [-0.05, 0) is 30.3 Å². The van der Waals surface area contributed by atoms with Crippen LogP contribution in [0.4, 0.5) is 17.6 Å². The Balaban J connectivity index is 1.86. The van der Waals surface area contributed by atoms with Crippen LogP contribution < -0.4 is 11.1 Å². The predicted molar refractivity (Wildman–Crippen MR) is 85.3 cm³/mol. The second kappa shape index (κ2) is 5.87. The SMILES string of the molecule is Nc1nc(Nc2cccc(Cl)c2)nn1C(=O)c1ccccc1. The molecule has 2 aromatic carbocycles. The number of aromatic nitrogens is 3. The second-order valence-electron chi connectivity index (χ2n) is 4.51. The Hall–Kier alpha value is -2.86. The molecule has 0 aliphatic carbocycles. The lowest BCUT2D eigenvalue weighted by atomic mass is 10.2. The van der Waals surface area contributed by atoms with E-state index in [1.807, 2.05) is 12.1 Å². The van der Waals surface area contributed by atoms with E-state index in [0.717, 1.165) is 4.68 Å². The molecule has 3 N–H and O–H groups in total. The summed E-state index contributed by atoms with van der Waals surface area (Å²) < 4.78 is 1.06. The Morgan fingerprint density at radius 2 is 1.91 bits per heavy atom. The fraction of sp³-hybridized carbons (Fsp3) is 0. The van der Waals surface area contributed by atoms with Crippen LogP contribution in [0.3, 0.4) is 0 Å².